The highest BCUT2D eigenvalue weighted by atomic mass is 32.2. The molecule has 0 saturated carbocycles. The number of pyridine rings is 3. The molecule has 2 aliphatic rings. The van der Waals surface area contributed by atoms with Crippen LogP contribution in [0.5, 0.6) is 0 Å². The number of urea groups is 1. The minimum atomic E-state index is -3.65. The molecule has 0 aliphatic heterocycles. The van der Waals surface area contributed by atoms with Gasteiger partial charge in [0.1, 0.15) is 0 Å². The van der Waals surface area contributed by atoms with Crippen molar-refractivity contribution in [3.05, 3.63) is 118 Å². The van der Waals surface area contributed by atoms with Gasteiger partial charge in [0.25, 0.3) is 6.02 Å². The first kappa shape index (κ1) is 44.2. The van der Waals surface area contributed by atoms with Gasteiger partial charge in [0.15, 0.2) is 0 Å². The van der Waals surface area contributed by atoms with E-state index >= 15 is 0 Å². The molecule has 0 atom stereocenters. The number of benzene rings is 2. The number of nitrogen functional groups attached to an aromatic ring is 1. The van der Waals surface area contributed by atoms with Crippen LogP contribution in [0, 0.1) is 27.7 Å². The predicted molar refractivity (Wildman–Crippen MR) is 232 cm³/mol. The minimum Gasteiger partial charge on any atom is -0.806 e. The van der Waals surface area contributed by atoms with Crippen LogP contribution in [-0.4, -0.2) is 65.5 Å². The summed E-state index contributed by atoms with van der Waals surface area (Å²) in [5.41, 5.74) is 22.6. The average Bonchev–Trinajstić information content (AvgIpc) is 3.81. The number of hydrogen-bond acceptors (Lipinski definition) is 10. The summed E-state index contributed by atoms with van der Waals surface area (Å²) < 4.78 is 50.4. The molecular weight excluding hydrogens is 789 g/mol. The molecule has 7 rings (SSSR count). The highest BCUT2D eigenvalue weighted by Crippen LogP contribution is 2.41. The van der Waals surface area contributed by atoms with Crippen LogP contribution in [0.4, 0.5) is 21.9 Å². The highest BCUT2D eigenvalue weighted by Gasteiger charge is 2.24. The number of sulfonamides is 2. The Morgan fingerprint density at radius 3 is 1.80 bits per heavy atom. The largest absolute Gasteiger partial charge is 0.806 e. The molecule has 0 bridgehead atoms. The molecular formula is C43H52N8O6S2. The number of carbonyl (C=O) groups is 1. The predicted octanol–water partition coefficient (Wildman–Crippen LogP) is 4.94. The summed E-state index contributed by atoms with van der Waals surface area (Å²) in [6.45, 7) is 8.08. The Hall–Kier alpha value is -5.87. The van der Waals surface area contributed by atoms with Gasteiger partial charge >= 0.3 is 16.1 Å². The molecule has 3 heterocycles. The number of aryl methyl sites for hydroxylation is 6. The van der Waals surface area contributed by atoms with E-state index < -0.39 is 32.1 Å². The Balaban J connectivity index is 0.000000174. The maximum Gasteiger partial charge on any atom is 0.335 e. The second-order valence-corrected chi connectivity index (χ2v) is 18.5. The molecule has 4 N–H and O–H groups in total. The summed E-state index contributed by atoms with van der Waals surface area (Å²) in [4.78, 5) is 22.5. The molecule has 0 saturated heterocycles. The maximum atomic E-state index is 12.2. The SMILES string of the molecule is CN(C)c1cc[n+](C([O-])=NS(C)(=O)=O)cc1.Cc1cc(-c2c(C)cc3c(c2N)CCC3)ccn1.Cc1cc(-c2c(C)cc3c(c2NC(=O)NS(C)(=O)=O)CCC3)ccn1. The van der Waals surface area contributed by atoms with Gasteiger partial charge in [-0.05, 0) is 135 Å². The topological polar surface area (TPSA) is 204 Å². The standard InChI is InChI=1S/C18H21N3O3S.C16H18N2.C9H13N3O3S/c1-11-9-13-5-4-6-15(13)17(20-18(22)21-25(3,23)24)16(11)14-7-8-19-12(2)10-14;1-10-8-12-4-3-5-14(12)16(17)15(10)13-6-7-18-11(2)9-13;1-11(2)8-4-6-12(7-5-8)9(13)10-16(3,14)15/h7-10H,4-6H2,1-3H3,(H2,20,21,22);6-9H,3-5,17H2,1-2H3;4-7H,1-3H3. The lowest BCUT2D eigenvalue weighted by molar-refractivity contribution is -0.613. The number of nitrogens with two attached hydrogens (primary N) is 1. The molecule has 0 radical (unpaired) electrons. The molecule has 16 heteroatoms. The molecule has 0 unspecified atom stereocenters. The minimum absolute atomic E-state index is 0.694. The van der Waals surface area contributed by atoms with Crippen LogP contribution < -0.4 is 30.3 Å². The Bertz CT molecular complexity index is 2630. The number of rotatable bonds is 6. The second-order valence-electron chi connectivity index (χ2n) is 15.1. The van der Waals surface area contributed by atoms with Gasteiger partial charge in [-0.15, -0.1) is 0 Å². The lowest BCUT2D eigenvalue weighted by atomic mass is 9.93. The zero-order valence-electron chi connectivity index (χ0n) is 34.8. The van der Waals surface area contributed by atoms with E-state index in [4.69, 9.17) is 5.73 Å². The third-order valence-electron chi connectivity index (χ3n) is 9.92. The Labute approximate surface area is 347 Å². The number of hydrogen-bond donors (Lipinski definition) is 3. The second kappa shape index (κ2) is 18.4. The summed E-state index contributed by atoms with van der Waals surface area (Å²) in [6, 6.07) is 14.3. The van der Waals surface area contributed by atoms with Gasteiger partial charge in [0.2, 0.25) is 10.0 Å². The Kier molecular flexibility index (Phi) is 13.8. The smallest absolute Gasteiger partial charge is 0.335 e. The molecule has 0 fully saturated rings. The number of nitrogens with one attached hydrogen (secondary N) is 2. The molecule has 312 valence electrons. The van der Waals surface area contributed by atoms with Crippen molar-refractivity contribution < 1.29 is 31.3 Å². The van der Waals surface area contributed by atoms with Crippen molar-refractivity contribution in [1.82, 2.24) is 14.7 Å². The van der Waals surface area contributed by atoms with Crippen molar-refractivity contribution in [3.8, 4) is 22.3 Å². The third-order valence-corrected chi connectivity index (χ3v) is 11.0. The fourth-order valence-electron chi connectivity index (χ4n) is 7.46. The molecule has 5 aromatic rings. The average molecular weight is 841 g/mol. The number of fused-ring (bicyclic) bond motifs is 2. The Morgan fingerprint density at radius 1 is 0.780 bits per heavy atom. The van der Waals surface area contributed by atoms with Gasteiger partial charge < -0.3 is 21.1 Å². The first-order chi connectivity index (χ1) is 27.7. The number of aromatic nitrogens is 3. The van der Waals surface area contributed by atoms with Gasteiger partial charge in [-0.3, -0.25) is 9.97 Å². The van der Waals surface area contributed by atoms with E-state index in [-0.39, 0.29) is 0 Å². The van der Waals surface area contributed by atoms with Crippen LogP contribution in [0.25, 0.3) is 22.3 Å². The van der Waals surface area contributed by atoms with Gasteiger partial charge in [0, 0.05) is 76.9 Å². The van der Waals surface area contributed by atoms with Crippen LogP contribution in [-0.2, 0) is 45.7 Å². The molecule has 59 heavy (non-hydrogen) atoms. The van der Waals surface area contributed by atoms with E-state index in [1.54, 1.807) is 18.3 Å². The van der Waals surface area contributed by atoms with E-state index in [1.807, 2.05) is 68.9 Å². The summed E-state index contributed by atoms with van der Waals surface area (Å²) >= 11 is 0. The van der Waals surface area contributed by atoms with Gasteiger partial charge in [-0.25, -0.2) is 22.5 Å². The lowest BCUT2D eigenvalue weighted by Crippen LogP contribution is -2.50. The van der Waals surface area contributed by atoms with Crippen molar-refractivity contribution >= 4 is 49.2 Å². The Morgan fingerprint density at radius 2 is 1.29 bits per heavy atom. The van der Waals surface area contributed by atoms with Crippen molar-refractivity contribution in [3.63, 3.8) is 0 Å². The normalized spacial score (nSPS) is 13.3. The summed E-state index contributed by atoms with van der Waals surface area (Å²) in [5, 5.41) is 14.1. The summed E-state index contributed by atoms with van der Waals surface area (Å²) in [7, 11) is -3.55. The van der Waals surface area contributed by atoms with Crippen molar-refractivity contribution in [2.45, 2.75) is 66.2 Å². The van der Waals surface area contributed by atoms with E-state index in [0.29, 0.717) is 5.69 Å². The number of carbonyl (C=O) groups excluding carboxylic acids is 1. The first-order valence-electron chi connectivity index (χ1n) is 19.1. The summed E-state index contributed by atoms with van der Waals surface area (Å²) in [5.74, 6) is 0. The van der Waals surface area contributed by atoms with E-state index in [0.717, 1.165) is 87.8 Å². The van der Waals surface area contributed by atoms with Crippen LogP contribution in [0.2, 0.25) is 0 Å². The molecule has 3 aromatic heterocycles. The monoisotopic (exact) mass is 840 g/mol. The van der Waals surface area contributed by atoms with Crippen LogP contribution >= 0.6 is 0 Å². The van der Waals surface area contributed by atoms with E-state index in [9.17, 15) is 26.7 Å². The van der Waals surface area contributed by atoms with Gasteiger partial charge in [0.05, 0.1) is 30.6 Å². The van der Waals surface area contributed by atoms with E-state index in [2.05, 4.69) is 44.8 Å². The number of anilines is 3. The first-order valence-corrected chi connectivity index (χ1v) is 22.8. The summed E-state index contributed by atoms with van der Waals surface area (Å²) in [6.07, 6.45) is 14.7. The third kappa shape index (κ3) is 11.6. The molecule has 2 amide bonds. The fourth-order valence-corrected chi connectivity index (χ4v) is 8.23. The van der Waals surface area contributed by atoms with Gasteiger partial charge in [-0.1, -0.05) is 12.1 Å². The van der Waals surface area contributed by atoms with Crippen molar-refractivity contribution in [1.29, 1.82) is 0 Å². The lowest BCUT2D eigenvalue weighted by Gasteiger charge is -2.19. The highest BCUT2D eigenvalue weighted by molar-refractivity contribution is 7.89. The zero-order valence-corrected chi connectivity index (χ0v) is 36.4. The zero-order chi connectivity index (χ0) is 43.2. The van der Waals surface area contributed by atoms with Crippen molar-refractivity contribution in [2.75, 3.05) is 42.6 Å². The van der Waals surface area contributed by atoms with E-state index in [1.165, 1.54) is 58.6 Å². The maximum absolute atomic E-state index is 12.2. The van der Waals surface area contributed by atoms with Crippen LogP contribution in [0.15, 0.2) is 77.7 Å². The molecule has 0 spiro atoms. The number of amides is 2. The van der Waals surface area contributed by atoms with Gasteiger partial charge in [-0.2, -0.15) is 8.42 Å². The molecule has 2 aromatic carbocycles. The fraction of sp³-hybridized carbons (Fsp3) is 0.326. The van der Waals surface area contributed by atoms with Crippen molar-refractivity contribution in [2.24, 2.45) is 4.40 Å². The number of nitrogens with zero attached hydrogens (tertiary/aromatic N) is 5. The molecule has 2 aliphatic carbocycles. The van der Waals surface area contributed by atoms with Crippen LogP contribution in [0.3, 0.4) is 0 Å². The molecule has 14 nitrogen and oxygen atoms in total. The quantitative estimate of drug-likeness (QED) is 0.0910. The van der Waals surface area contributed by atoms with Crippen LogP contribution in [0.1, 0.15) is 57.6 Å².